The topological polar surface area (TPSA) is 78.1 Å². The highest BCUT2D eigenvalue weighted by Gasteiger charge is 2.25. The number of aromatic amines is 1. The van der Waals surface area contributed by atoms with E-state index in [9.17, 15) is 9.59 Å². The molecule has 1 aliphatic rings. The number of imidazole rings is 1. The van der Waals surface area contributed by atoms with Crippen LogP contribution in [0, 0.1) is 6.92 Å². The van der Waals surface area contributed by atoms with Gasteiger partial charge in [0.25, 0.3) is 11.8 Å². The number of rotatable bonds is 6. The summed E-state index contributed by atoms with van der Waals surface area (Å²) in [5.74, 6) is 0.787. The van der Waals surface area contributed by atoms with Gasteiger partial charge in [-0.25, -0.2) is 4.98 Å². The van der Waals surface area contributed by atoms with Crippen LogP contribution in [0.1, 0.15) is 44.7 Å². The Hall–Kier alpha value is -3.58. The van der Waals surface area contributed by atoms with Crippen LogP contribution in [-0.2, 0) is 5.75 Å². The quantitative estimate of drug-likeness (QED) is 0.369. The lowest BCUT2D eigenvalue weighted by molar-refractivity contribution is 0.0698. The molecule has 0 atom stereocenters. The van der Waals surface area contributed by atoms with Gasteiger partial charge < -0.3 is 15.2 Å². The first kappa shape index (κ1) is 23.2. The van der Waals surface area contributed by atoms with Crippen LogP contribution in [0.2, 0.25) is 0 Å². The molecule has 0 bridgehead atoms. The van der Waals surface area contributed by atoms with Crippen molar-refractivity contribution in [3.05, 3.63) is 95.1 Å². The summed E-state index contributed by atoms with van der Waals surface area (Å²) in [6, 6.07) is 23.5. The Morgan fingerprint density at radius 1 is 1.00 bits per heavy atom. The molecule has 0 aliphatic carbocycles. The van der Waals surface area contributed by atoms with Crippen molar-refractivity contribution in [2.75, 3.05) is 13.1 Å². The molecule has 1 aromatic heterocycles. The first-order valence-corrected chi connectivity index (χ1v) is 12.9. The van der Waals surface area contributed by atoms with Gasteiger partial charge in [-0.15, -0.1) is 0 Å². The Balaban J connectivity index is 1.12. The zero-order chi connectivity index (χ0) is 24.2. The Morgan fingerprint density at radius 3 is 2.46 bits per heavy atom. The predicted molar refractivity (Wildman–Crippen MR) is 140 cm³/mol. The molecular formula is C28H28N4O2S. The molecule has 6 nitrogen and oxygen atoms in total. The molecule has 2 amide bonds. The van der Waals surface area contributed by atoms with Crippen molar-refractivity contribution in [3.63, 3.8) is 0 Å². The number of aryl methyl sites for hydroxylation is 1. The molecule has 0 unspecified atom stereocenters. The summed E-state index contributed by atoms with van der Waals surface area (Å²) in [5, 5.41) is 4.02. The molecule has 35 heavy (non-hydrogen) atoms. The number of benzene rings is 3. The summed E-state index contributed by atoms with van der Waals surface area (Å²) in [4.78, 5) is 35.4. The van der Waals surface area contributed by atoms with Gasteiger partial charge >= 0.3 is 0 Å². The van der Waals surface area contributed by atoms with Crippen LogP contribution in [0.15, 0.2) is 78.0 Å². The van der Waals surface area contributed by atoms with Gasteiger partial charge in [-0.2, -0.15) is 0 Å². The molecule has 4 aromatic rings. The van der Waals surface area contributed by atoms with Crippen LogP contribution >= 0.6 is 11.8 Å². The maximum atomic E-state index is 13.0. The van der Waals surface area contributed by atoms with Gasteiger partial charge in [0.1, 0.15) is 0 Å². The van der Waals surface area contributed by atoms with Gasteiger partial charge in [0, 0.05) is 36.0 Å². The Kier molecular flexibility index (Phi) is 6.86. The van der Waals surface area contributed by atoms with Crippen molar-refractivity contribution in [1.82, 2.24) is 20.2 Å². The van der Waals surface area contributed by atoms with Crippen molar-refractivity contribution >= 4 is 34.6 Å². The van der Waals surface area contributed by atoms with Crippen LogP contribution < -0.4 is 5.32 Å². The highest BCUT2D eigenvalue weighted by molar-refractivity contribution is 7.98. The second-order valence-electron chi connectivity index (χ2n) is 8.90. The van der Waals surface area contributed by atoms with Crippen LogP contribution in [0.4, 0.5) is 0 Å². The van der Waals surface area contributed by atoms with Crippen molar-refractivity contribution in [3.8, 4) is 0 Å². The largest absolute Gasteiger partial charge is 0.349 e. The molecule has 1 aliphatic heterocycles. The molecular weight excluding hydrogens is 456 g/mol. The number of carbonyl (C=O) groups excluding carboxylic acids is 2. The van der Waals surface area contributed by atoms with E-state index in [-0.39, 0.29) is 17.9 Å². The third-order valence-electron chi connectivity index (χ3n) is 6.45. The zero-order valence-electron chi connectivity index (χ0n) is 19.7. The summed E-state index contributed by atoms with van der Waals surface area (Å²) in [6.45, 7) is 3.22. The number of likely N-dealkylation sites (tertiary alicyclic amines) is 1. The molecule has 2 heterocycles. The normalized spacial score (nSPS) is 14.3. The number of hydrogen-bond donors (Lipinski definition) is 2. The molecule has 5 rings (SSSR count). The minimum atomic E-state index is -0.0380. The van der Waals surface area contributed by atoms with Crippen LogP contribution in [-0.4, -0.2) is 45.8 Å². The lowest BCUT2D eigenvalue weighted by Gasteiger charge is -2.32. The molecule has 7 heteroatoms. The lowest BCUT2D eigenvalue weighted by Crippen LogP contribution is -2.46. The van der Waals surface area contributed by atoms with E-state index in [0.717, 1.165) is 45.9 Å². The highest BCUT2D eigenvalue weighted by atomic mass is 32.2. The first-order chi connectivity index (χ1) is 17.1. The number of carbonyl (C=O) groups is 2. The van der Waals surface area contributed by atoms with E-state index < -0.39 is 0 Å². The maximum absolute atomic E-state index is 13.0. The molecule has 0 spiro atoms. The van der Waals surface area contributed by atoms with Crippen LogP contribution in [0.3, 0.4) is 0 Å². The number of piperidine rings is 1. The fourth-order valence-corrected chi connectivity index (χ4v) is 5.23. The van der Waals surface area contributed by atoms with E-state index >= 15 is 0 Å². The van der Waals surface area contributed by atoms with E-state index in [2.05, 4.69) is 15.3 Å². The number of para-hydroxylation sites is 2. The molecule has 0 radical (unpaired) electrons. The van der Waals surface area contributed by atoms with Crippen molar-refractivity contribution in [1.29, 1.82) is 0 Å². The maximum Gasteiger partial charge on any atom is 0.253 e. The predicted octanol–water partition coefficient (Wildman–Crippen LogP) is 5.20. The van der Waals surface area contributed by atoms with E-state index in [1.807, 2.05) is 84.6 Å². The minimum Gasteiger partial charge on any atom is -0.349 e. The Bertz CT molecular complexity index is 1310. The number of fused-ring (bicyclic) bond motifs is 1. The summed E-state index contributed by atoms with van der Waals surface area (Å²) in [6.07, 6.45) is 1.52. The van der Waals surface area contributed by atoms with Gasteiger partial charge in [0.2, 0.25) is 0 Å². The van der Waals surface area contributed by atoms with E-state index in [0.29, 0.717) is 24.2 Å². The third-order valence-corrected chi connectivity index (χ3v) is 7.40. The summed E-state index contributed by atoms with van der Waals surface area (Å²) in [7, 11) is 0. The number of thioether (sulfide) groups is 1. The summed E-state index contributed by atoms with van der Waals surface area (Å²) < 4.78 is 0. The van der Waals surface area contributed by atoms with Gasteiger partial charge in [0.05, 0.1) is 11.0 Å². The number of nitrogens with zero attached hydrogens (tertiary/aromatic N) is 2. The van der Waals surface area contributed by atoms with Crippen LogP contribution in [0.25, 0.3) is 11.0 Å². The number of hydrogen-bond acceptors (Lipinski definition) is 4. The lowest BCUT2D eigenvalue weighted by atomic mass is 10.0. The Labute approximate surface area is 209 Å². The van der Waals surface area contributed by atoms with Crippen LogP contribution in [0.5, 0.6) is 0 Å². The van der Waals surface area contributed by atoms with Crippen molar-refractivity contribution in [2.24, 2.45) is 0 Å². The molecule has 3 aromatic carbocycles. The molecule has 178 valence electrons. The van der Waals surface area contributed by atoms with Gasteiger partial charge in [-0.3, -0.25) is 9.59 Å². The van der Waals surface area contributed by atoms with E-state index in [4.69, 9.17) is 0 Å². The third kappa shape index (κ3) is 5.41. The first-order valence-electron chi connectivity index (χ1n) is 11.9. The molecule has 1 saturated heterocycles. The highest BCUT2D eigenvalue weighted by Crippen LogP contribution is 2.23. The second-order valence-corrected chi connectivity index (χ2v) is 9.86. The summed E-state index contributed by atoms with van der Waals surface area (Å²) in [5.41, 5.74) is 5.53. The number of nitrogens with one attached hydrogen (secondary N) is 2. The Morgan fingerprint density at radius 2 is 1.71 bits per heavy atom. The second kappa shape index (κ2) is 10.4. The summed E-state index contributed by atoms with van der Waals surface area (Å²) >= 11 is 1.65. The zero-order valence-corrected chi connectivity index (χ0v) is 20.5. The fraction of sp³-hybridized carbons (Fsp3) is 0.250. The molecule has 0 saturated carbocycles. The SMILES string of the molecule is Cc1ccccc1C(=O)NC1CCN(C(=O)c2ccc(CSc3nc4ccccc4[nH]3)cc2)CC1. The number of aromatic nitrogens is 2. The monoisotopic (exact) mass is 484 g/mol. The van der Waals surface area contributed by atoms with E-state index in [1.54, 1.807) is 11.8 Å². The van der Waals surface area contributed by atoms with E-state index in [1.165, 1.54) is 0 Å². The fourth-order valence-electron chi connectivity index (χ4n) is 4.39. The van der Waals surface area contributed by atoms with Gasteiger partial charge in [0.15, 0.2) is 5.16 Å². The minimum absolute atomic E-state index is 0.0380. The molecule has 2 N–H and O–H groups in total. The number of H-pyrrole nitrogens is 1. The average molecular weight is 485 g/mol. The van der Waals surface area contributed by atoms with Crippen molar-refractivity contribution < 1.29 is 9.59 Å². The molecule has 1 fully saturated rings. The number of amides is 2. The average Bonchev–Trinajstić information content (AvgIpc) is 3.31. The standard InChI is InChI=1S/C28H28N4O2S/c1-19-6-2-3-7-23(19)26(33)29-22-14-16-32(17-15-22)27(34)21-12-10-20(11-13-21)18-35-28-30-24-8-4-5-9-25(24)31-28/h2-13,22H,14-18H2,1H3,(H,29,33)(H,30,31). The smallest absolute Gasteiger partial charge is 0.253 e. The van der Waals surface area contributed by atoms with Crippen molar-refractivity contribution in [2.45, 2.75) is 36.7 Å². The van der Waals surface area contributed by atoms with Gasteiger partial charge in [-0.1, -0.05) is 54.2 Å². The van der Waals surface area contributed by atoms with Gasteiger partial charge in [-0.05, 0) is 61.2 Å².